The predicted molar refractivity (Wildman–Crippen MR) is 120 cm³/mol. The first kappa shape index (κ1) is 21.7. The van der Waals surface area contributed by atoms with E-state index in [1.165, 1.54) is 0 Å². The van der Waals surface area contributed by atoms with Crippen LogP contribution in [-0.2, 0) is 4.79 Å². The molecule has 1 fully saturated rings. The van der Waals surface area contributed by atoms with E-state index in [4.69, 9.17) is 26.4 Å². The van der Waals surface area contributed by atoms with Crippen molar-refractivity contribution in [1.82, 2.24) is 10.4 Å². The van der Waals surface area contributed by atoms with Crippen LogP contribution in [0.4, 0.5) is 0 Å². The van der Waals surface area contributed by atoms with Crippen molar-refractivity contribution in [3.63, 3.8) is 0 Å². The molecule has 30 heavy (non-hydrogen) atoms. The molecule has 0 aromatic heterocycles. The number of amides is 2. The van der Waals surface area contributed by atoms with Gasteiger partial charge in [-0.1, -0.05) is 23.9 Å². The minimum atomic E-state index is -0.452. The van der Waals surface area contributed by atoms with Crippen molar-refractivity contribution in [3.8, 4) is 17.2 Å². The van der Waals surface area contributed by atoms with Crippen LogP contribution in [-0.4, -0.2) is 42.0 Å². The molecule has 0 spiro atoms. The third kappa shape index (κ3) is 4.58. The number of carbonyl (C=O) groups is 2. The Labute approximate surface area is 184 Å². The fourth-order valence-corrected chi connectivity index (χ4v) is 3.89. The van der Waals surface area contributed by atoms with Crippen molar-refractivity contribution in [2.75, 3.05) is 20.8 Å². The van der Waals surface area contributed by atoms with Gasteiger partial charge in [-0.15, -0.1) is 0 Å². The van der Waals surface area contributed by atoms with E-state index >= 15 is 0 Å². The van der Waals surface area contributed by atoms with Gasteiger partial charge >= 0.3 is 0 Å². The Kier molecular flexibility index (Phi) is 6.96. The number of para-hydroxylation sites is 1. The zero-order chi connectivity index (χ0) is 21.7. The highest BCUT2D eigenvalue weighted by Gasteiger charge is 2.34. The topological polar surface area (TPSA) is 77.1 Å². The van der Waals surface area contributed by atoms with Crippen LogP contribution < -0.4 is 19.6 Å². The Morgan fingerprint density at radius 3 is 2.53 bits per heavy atom. The molecule has 2 aromatic carbocycles. The fourth-order valence-electron chi connectivity index (χ4n) is 2.72. The molecule has 0 atom stereocenters. The molecule has 0 bridgehead atoms. The number of methoxy groups -OCH3 is 2. The molecule has 156 valence electrons. The molecule has 7 nitrogen and oxygen atoms in total. The number of rotatable bonds is 7. The molecular weight excluding hydrogens is 424 g/mol. The van der Waals surface area contributed by atoms with Crippen molar-refractivity contribution in [2.45, 2.75) is 6.92 Å². The molecule has 1 N–H and O–H groups in total. The van der Waals surface area contributed by atoms with Crippen LogP contribution in [0.5, 0.6) is 17.2 Å². The Morgan fingerprint density at radius 1 is 1.17 bits per heavy atom. The van der Waals surface area contributed by atoms with Gasteiger partial charge in [0.25, 0.3) is 11.8 Å². The van der Waals surface area contributed by atoms with Crippen LogP contribution in [0.3, 0.4) is 0 Å². The third-order valence-corrected chi connectivity index (χ3v) is 5.47. The number of hydrogen-bond donors (Lipinski definition) is 1. The Bertz CT molecular complexity index is 1000. The minimum absolute atomic E-state index is 0.231. The van der Waals surface area contributed by atoms with Gasteiger partial charge in [0.1, 0.15) is 5.75 Å². The second-order valence-electron chi connectivity index (χ2n) is 6.00. The van der Waals surface area contributed by atoms with Gasteiger partial charge in [0.2, 0.25) is 0 Å². The Hall–Kier alpha value is -3.04. The monoisotopic (exact) mass is 444 g/mol. The van der Waals surface area contributed by atoms with Crippen molar-refractivity contribution < 1.29 is 23.8 Å². The van der Waals surface area contributed by atoms with E-state index in [-0.39, 0.29) is 4.32 Å². The number of nitrogens with zero attached hydrogens (tertiary/aromatic N) is 1. The summed E-state index contributed by atoms with van der Waals surface area (Å²) in [7, 11) is 3.09. The molecule has 0 radical (unpaired) electrons. The summed E-state index contributed by atoms with van der Waals surface area (Å²) in [4.78, 5) is 25.7. The van der Waals surface area contributed by atoms with Gasteiger partial charge in [0.05, 0.1) is 25.7 Å². The first-order chi connectivity index (χ1) is 14.5. The highest BCUT2D eigenvalue weighted by atomic mass is 32.2. The van der Waals surface area contributed by atoms with Crippen LogP contribution in [0.25, 0.3) is 6.08 Å². The molecule has 2 aromatic rings. The summed E-state index contributed by atoms with van der Waals surface area (Å²) in [6.07, 6.45) is 1.67. The third-order valence-electron chi connectivity index (χ3n) is 4.16. The van der Waals surface area contributed by atoms with Crippen LogP contribution in [0.1, 0.15) is 22.8 Å². The molecule has 3 rings (SSSR count). The smallest absolute Gasteiger partial charge is 0.285 e. The highest BCUT2D eigenvalue weighted by molar-refractivity contribution is 8.26. The normalized spacial score (nSPS) is 14.8. The number of carbonyl (C=O) groups excluding carboxylic acids is 2. The molecule has 1 aliphatic heterocycles. The number of hydrazine groups is 1. The van der Waals surface area contributed by atoms with Gasteiger partial charge in [-0.25, -0.2) is 0 Å². The number of nitrogens with one attached hydrogen (secondary N) is 1. The number of ether oxygens (including phenoxy) is 3. The Morgan fingerprint density at radius 2 is 1.90 bits per heavy atom. The van der Waals surface area contributed by atoms with E-state index in [9.17, 15) is 9.59 Å². The van der Waals surface area contributed by atoms with Crippen LogP contribution in [0.15, 0.2) is 47.4 Å². The van der Waals surface area contributed by atoms with E-state index in [0.29, 0.717) is 39.9 Å². The average Bonchev–Trinajstić information content (AvgIpc) is 3.02. The molecule has 2 amide bonds. The van der Waals surface area contributed by atoms with Crippen molar-refractivity contribution in [3.05, 3.63) is 58.5 Å². The summed E-state index contributed by atoms with van der Waals surface area (Å²) >= 11 is 6.39. The summed E-state index contributed by atoms with van der Waals surface area (Å²) in [6.45, 7) is 2.31. The van der Waals surface area contributed by atoms with Gasteiger partial charge in [-0.2, -0.15) is 5.01 Å². The molecule has 0 saturated carbocycles. The SMILES string of the molecule is CCOc1c(/C=C2/SC(=S)N(NC(=O)c3ccc(OC)cc3)C2=O)cccc1OC. The van der Waals surface area contributed by atoms with Crippen LogP contribution >= 0.6 is 24.0 Å². The highest BCUT2D eigenvalue weighted by Crippen LogP contribution is 2.37. The van der Waals surface area contributed by atoms with E-state index in [1.54, 1.807) is 56.7 Å². The van der Waals surface area contributed by atoms with Crippen molar-refractivity contribution in [1.29, 1.82) is 0 Å². The zero-order valence-corrected chi connectivity index (χ0v) is 18.3. The lowest BCUT2D eigenvalue weighted by molar-refractivity contribution is -0.123. The first-order valence-electron chi connectivity index (χ1n) is 9.01. The van der Waals surface area contributed by atoms with Crippen LogP contribution in [0.2, 0.25) is 0 Å². The van der Waals surface area contributed by atoms with Crippen molar-refractivity contribution >= 4 is 46.2 Å². The zero-order valence-electron chi connectivity index (χ0n) is 16.6. The maximum absolute atomic E-state index is 12.9. The first-order valence-corrected chi connectivity index (χ1v) is 10.2. The lowest BCUT2D eigenvalue weighted by Crippen LogP contribution is -2.44. The second-order valence-corrected chi connectivity index (χ2v) is 7.67. The predicted octanol–water partition coefficient (Wildman–Crippen LogP) is 3.65. The number of hydrogen-bond acceptors (Lipinski definition) is 7. The van der Waals surface area contributed by atoms with Gasteiger partial charge in [0.15, 0.2) is 15.8 Å². The lowest BCUT2D eigenvalue weighted by atomic mass is 10.1. The van der Waals surface area contributed by atoms with E-state index in [0.717, 1.165) is 16.8 Å². The van der Waals surface area contributed by atoms with E-state index in [2.05, 4.69) is 5.43 Å². The van der Waals surface area contributed by atoms with Crippen LogP contribution in [0, 0.1) is 0 Å². The maximum Gasteiger partial charge on any atom is 0.285 e. The standard InChI is InChI=1S/C21H20N2O5S2/c1-4-28-18-14(6-5-7-16(18)27-3)12-17-20(25)23(21(29)30-17)22-19(24)13-8-10-15(26-2)11-9-13/h5-12H,4H2,1-3H3,(H,22,24)/b17-12+. The second kappa shape index (κ2) is 9.64. The van der Waals surface area contributed by atoms with E-state index < -0.39 is 11.8 Å². The summed E-state index contributed by atoms with van der Waals surface area (Å²) < 4.78 is 16.3. The van der Waals surface area contributed by atoms with Gasteiger partial charge in [0, 0.05) is 11.1 Å². The number of benzene rings is 2. The lowest BCUT2D eigenvalue weighted by Gasteiger charge is -2.15. The summed E-state index contributed by atoms with van der Waals surface area (Å²) in [6, 6.07) is 11.9. The van der Waals surface area contributed by atoms with Crippen molar-refractivity contribution in [2.24, 2.45) is 0 Å². The molecule has 1 saturated heterocycles. The summed E-state index contributed by atoms with van der Waals surface area (Å²) in [5.74, 6) is 0.858. The number of thioether (sulfide) groups is 1. The molecule has 0 unspecified atom stereocenters. The maximum atomic E-state index is 12.9. The Balaban J connectivity index is 1.81. The number of thiocarbonyl (C=S) groups is 1. The summed E-state index contributed by atoms with van der Waals surface area (Å²) in [5.41, 5.74) is 3.61. The molecule has 1 heterocycles. The fraction of sp³-hybridized carbons (Fsp3) is 0.190. The summed E-state index contributed by atoms with van der Waals surface area (Å²) in [5, 5.41) is 1.07. The largest absolute Gasteiger partial charge is 0.497 e. The minimum Gasteiger partial charge on any atom is -0.497 e. The molecule has 9 heteroatoms. The average molecular weight is 445 g/mol. The van der Waals surface area contributed by atoms with Gasteiger partial charge in [-0.3, -0.25) is 15.0 Å². The molecule has 1 aliphatic rings. The molecular formula is C21H20N2O5S2. The van der Waals surface area contributed by atoms with E-state index in [1.807, 2.05) is 13.0 Å². The van der Waals surface area contributed by atoms with Gasteiger partial charge in [-0.05, 0) is 55.5 Å². The quantitative estimate of drug-likeness (QED) is 0.516. The molecule has 0 aliphatic carbocycles. The van der Waals surface area contributed by atoms with Gasteiger partial charge < -0.3 is 14.2 Å².